The zero-order chi connectivity index (χ0) is 21.4. The third-order valence-electron chi connectivity index (χ3n) is 4.86. The molecule has 5 nitrogen and oxygen atoms in total. The van der Waals surface area contributed by atoms with Gasteiger partial charge < -0.3 is 18.9 Å². The van der Waals surface area contributed by atoms with E-state index in [9.17, 15) is 4.79 Å². The first-order chi connectivity index (χ1) is 14.4. The Morgan fingerprint density at radius 3 is 2.50 bits per heavy atom. The summed E-state index contributed by atoms with van der Waals surface area (Å²) in [7, 11) is 1.55. The zero-order valence-corrected chi connectivity index (χ0v) is 18.7. The first-order valence-electron chi connectivity index (χ1n) is 10.1. The average Bonchev–Trinajstić information content (AvgIpc) is 3.11. The van der Waals surface area contributed by atoms with Gasteiger partial charge >= 0.3 is 0 Å². The second-order valence-electron chi connectivity index (χ2n) is 7.86. The first kappa shape index (κ1) is 20.5. The minimum atomic E-state index is -0.353. The van der Waals surface area contributed by atoms with Crippen molar-refractivity contribution < 1.29 is 23.7 Å². The molecule has 0 amide bonds. The third-order valence-corrected chi connectivity index (χ3v) is 5.84. The molecule has 1 aromatic heterocycles. The summed E-state index contributed by atoms with van der Waals surface area (Å²) < 4.78 is 25.1. The highest BCUT2D eigenvalue weighted by Gasteiger charge is 2.35. The van der Waals surface area contributed by atoms with Crippen LogP contribution in [0.4, 0.5) is 0 Å². The van der Waals surface area contributed by atoms with Crippen LogP contribution >= 0.6 is 11.3 Å². The lowest BCUT2D eigenvalue weighted by Gasteiger charge is -2.29. The predicted molar refractivity (Wildman–Crippen MR) is 119 cm³/mol. The maximum absolute atomic E-state index is 13.3. The quantitative estimate of drug-likeness (QED) is 0.470. The monoisotopic (exact) mass is 426 g/mol. The molecule has 0 N–H and O–H groups in total. The van der Waals surface area contributed by atoms with Crippen LogP contribution in [0.25, 0.3) is 10.1 Å². The molecule has 1 aliphatic heterocycles. The van der Waals surface area contributed by atoms with Gasteiger partial charge in [0.1, 0.15) is 17.4 Å². The van der Waals surface area contributed by atoms with E-state index in [1.165, 1.54) is 4.70 Å². The summed E-state index contributed by atoms with van der Waals surface area (Å²) in [6.07, 6.45) is -0.313. The molecule has 0 saturated heterocycles. The summed E-state index contributed by atoms with van der Waals surface area (Å²) in [4.78, 5) is 13.3. The molecule has 0 saturated carbocycles. The molecule has 0 bridgehead atoms. The summed E-state index contributed by atoms with van der Waals surface area (Å²) in [6.45, 7) is 7.70. The molecule has 6 heteroatoms. The van der Waals surface area contributed by atoms with Gasteiger partial charge in [-0.25, -0.2) is 0 Å². The van der Waals surface area contributed by atoms with E-state index in [4.69, 9.17) is 18.9 Å². The number of rotatable bonds is 6. The van der Waals surface area contributed by atoms with Crippen LogP contribution in [0.2, 0.25) is 0 Å². The van der Waals surface area contributed by atoms with Crippen LogP contribution in [0.3, 0.4) is 0 Å². The van der Waals surface area contributed by atoms with Gasteiger partial charge in [-0.05, 0) is 44.5 Å². The van der Waals surface area contributed by atoms with Gasteiger partial charge in [0.25, 0.3) is 0 Å². The van der Waals surface area contributed by atoms with Crippen LogP contribution in [-0.4, -0.2) is 25.1 Å². The predicted octanol–water partition coefficient (Wildman–Crippen LogP) is 6.19. The van der Waals surface area contributed by atoms with Gasteiger partial charge in [-0.1, -0.05) is 18.2 Å². The molecule has 0 fully saturated rings. The van der Waals surface area contributed by atoms with E-state index in [-0.39, 0.29) is 30.5 Å². The molecule has 0 spiro atoms. The van der Waals surface area contributed by atoms with Crippen molar-refractivity contribution in [2.45, 2.75) is 52.4 Å². The van der Waals surface area contributed by atoms with Crippen LogP contribution in [0.15, 0.2) is 35.7 Å². The fraction of sp³-hybridized carbons (Fsp3) is 0.375. The third kappa shape index (κ3) is 3.72. The summed E-state index contributed by atoms with van der Waals surface area (Å²) in [5.41, 5.74) is 1.45. The second kappa shape index (κ2) is 8.19. The summed E-state index contributed by atoms with van der Waals surface area (Å²) in [5.74, 6) is 1.76. The van der Waals surface area contributed by atoms with Crippen molar-refractivity contribution >= 4 is 27.2 Å². The topological polar surface area (TPSA) is 54.0 Å². The average molecular weight is 427 g/mol. The lowest BCUT2D eigenvalue weighted by atomic mass is 9.94. The molecular weight excluding hydrogens is 400 g/mol. The van der Waals surface area contributed by atoms with E-state index in [2.05, 4.69) is 17.5 Å². The first-order valence-corrected chi connectivity index (χ1v) is 11.0. The number of ketones is 1. The smallest absolute Gasteiger partial charge is 0.204 e. The van der Waals surface area contributed by atoms with Gasteiger partial charge in [0.2, 0.25) is 5.75 Å². The molecule has 0 aliphatic carbocycles. The normalized spacial score (nSPS) is 16.0. The molecule has 1 atom stereocenters. The maximum atomic E-state index is 13.3. The number of thiophene rings is 1. The Hall–Kier alpha value is -2.73. The fourth-order valence-corrected chi connectivity index (χ4v) is 4.72. The van der Waals surface area contributed by atoms with Crippen LogP contribution in [-0.2, 0) is 0 Å². The highest BCUT2D eigenvalue weighted by atomic mass is 32.1. The fourth-order valence-electron chi connectivity index (χ4n) is 3.72. The van der Waals surface area contributed by atoms with E-state index < -0.39 is 0 Å². The maximum Gasteiger partial charge on any atom is 0.204 e. The van der Waals surface area contributed by atoms with E-state index in [1.807, 2.05) is 39.8 Å². The molecule has 4 rings (SSSR count). The molecule has 0 radical (unpaired) electrons. The number of carbonyl (C=O) groups is 1. The second-order valence-corrected chi connectivity index (χ2v) is 8.78. The van der Waals surface area contributed by atoms with Crippen molar-refractivity contribution in [3.8, 4) is 23.0 Å². The Morgan fingerprint density at radius 1 is 1.07 bits per heavy atom. The molecule has 158 valence electrons. The molecule has 3 aromatic rings. The summed E-state index contributed by atoms with van der Waals surface area (Å²) in [6, 6.07) is 9.92. The lowest BCUT2D eigenvalue weighted by molar-refractivity contribution is 0.0838. The van der Waals surface area contributed by atoms with Gasteiger partial charge in [0.05, 0.1) is 25.7 Å². The van der Waals surface area contributed by atoms with Crippen molar-refractivity contribution in [3.05, 3.63) is 46.8 Å². The van der Waals surface area contributed by atoms with Crippen LogP contribution in [0, 0.1) is 0 Å². The van der Waals surface area contributed by atoms with E-state index in [0.717, 1.165) is 10.9 Å². The van der Waals surface area contributed by atoms with Crippen molar-refractivity contribution in [2.24, 2.45) is 0 Å². The van der Waals surface area contributed by atoms with Gasteiger partial charge in [0, 0.05) is 16.3 Å². The Bertz CT molecular complexity index is 1080. The molecule has 2 heterocycles. The minimum Gasteiger partial charge on any atom is -0.490 e. The van der Waals surface area contributed by atoms with Crippen molar-refractivity contribution in [3.63, 3.8) is 0 Å². The Kier molecular flexibility index (Phi) is 5.60. The van der Waals surface area contributed by atoms with Gasteiger partial charge in [-0.3, -0.25) is 4.79 Å². The number of benzene rings is 2. The highest BCUT2D eigenvalue weighted by molar-refractivity contribution is 7.17. The summed E-state index contributed by atoms with van der Waals surface area (Å²) >= 11 is 1.66. The van der Waals surface area contributed by atoms with Crippen LogP contribution in [0.1, 0.15) is 56.1 Å². The number of Topliss-reactive ketones (excluding diaryl/α,β-unsaturated/α-hetero) is 1. The lowest BCUT2D eigenvalue weighted by Crippen LogP contribution is -2.23. The number of hydrogen-bond donors (Lipinski definition) is 0. The van der Waals surface area contributed by atoms with E-state index in [1.54, 1.807) is 24.5 Å². The van der Waals surface area contributed by atoms with Crippen molar-refractivity contribution in [1.29, 1.82) is 0 Å². The number of hydrogen-bond acceptors (Lipinski definition) is 6. The van der Waals surface area contributed by atoms with E-state index >= 15 is 0 Å². The molecule has 2 aromatic carbocycles. The Labute approximate surface area is 180 Å². The van der Waals surface area contributed by atoms with Gasteiger partial charge in [-0.2, -0.15) is 0 Å². The molecule has 30 heavy (non-hydrogen) atoms. The van der Waals surface area contributed by atoms with Crippen molar-refractivity contribution in [1.82, 2.24) is 0 Å². The standard InChI is InChI=1S/C24H26O5S/c1-13(2)27-20-11-19-22(24(23(20)26-5)28-14(3)4)17(25)10-18(29-19)16-12-30-21-9-7-6-8-15(16)21/h6-9,11-14,18H,10H2,1-5H3. The molecule has 1 unspecified atom stereocenters. The Balaban J connectivity index is 1.83. The van der Waals surface area contributed by atoms with Crippen LogP contribution in [0.5, 0.6) is 23.0 Å². The van der Waals surface area contributed by atoms with Gasteiger partial charge in [-0.15, -0.1) is 11.3 Å². The number of ether oxygens (including phenoxy) is 4. The van der Waals surface area contributed by atoms with E-state index in [0.29, 0.717) is 28.6 Å². The SMILES string of the molecule is COc1c(OC(C)C)cc2c(c1OC(C)C)C(=O)CC(c1csc3ccccc13)O2. The highest BCUT2D eigenvalue weighted by Crippen LogP contribution is 2.50. The van der Waals surface area contributed by atoms with Crippen molar-refractivity contribution in [2.75, 3.05) is 7.11 Å². The van der Waals surface area contributed by atoms with Crippen LogP contribution < -0.4 is 18.9 Å². The number of carbonyl (C=O) groups excluding carboxylic acids is 1. The number of fused-ring (bicyclic) bond motifs is 2. The Morgan fingerprint density at radius 2 is 1.80 bits per heavy atom. The summed E-state index contributed by atoms with van der Waals surface area (Å²) in [5, 5.41) is 3.20. The molecular formula is C24H26O5S. The molecule has 1 aliphatic rings. The zero-order valence-electron chi connectivity index (χ0n) is 17.9. The van der Waals surface area contributed by atoms with Gasteiger partial charge in [0.15, 0.2) is 17.3 Å². The minimum absolute atomic E-state index is 0.0263. The largest absolute Gasteiger partial charge is 0.490 e. The number of methoxy groups -OCH3 is 1.